The smallest absolute Gasteiger partial charge is 0.139 e. The molecule has 0 atom stereocenters. The third kappa shape index (κ3) is 0.567. The molecule has 0 fully saturated rings. The zero-order valence-electron chi connectivity index (χ0n) is 6.13. The first kappa shape index (κ1) is 5.77. The number of hydrogen-bond acceptors (Lipinski definition) is 2. The minimum atomic E-state index is 0.875. The molecule has 4 heteroatoms. The molecule has 0 amide bonds. The topological polar surface area (TPSA) is 57.4 Å². The summed E-state index contributed by atoms with van der Waals surface area (Å²) in [6.07, 6.45) is 6.43. The summed E-state index contributed by atoms with van der Waals surface area (Å²) >= 11 is 0. The molecule has 0 saturated heterocycles. The third-order valence-electron chi connectivity index (χ3n) is 1.93. The van der Waals surface area contributed by atoms with Crippen molar-refractivity contribution in [3.63, 3.8) is 0 Å². The minimum absolute atomic E-state index is 0.875. The SMILES string of the molecule is [c]1n[nH]c2c1cnc1[nH]ccc12. The maximum absolute atomic E-state index is 4.19. The number of hydrogen-bond donors (Lipinski definition) is 2. The number of nitrogens with zero attached hydrogens (tertiary/aromatic N) is 2. The van der Waals surface area contributed by atoms with Crippen molar-refractivity contribution in [2.75, 3.05) is 0 Å². The number of pyridine rings is 1. The van der Waals surface area contributed by atoms with Gasteiger partial charge in [-0.25, -0.2) is 4.98 Å². The second kappa shape index (κ2) is 1.85. The average molecular weight is 157 g/mol. The van der Waals surface area contributed by atoms with E-state index in [0.29, 0.717) is 0 Å². The molecule has 3 aromatic rings. The van der Waals surface area contributed by atoms with Crippen LogP contribution in [0, 0.1) is 6.20 Å². The predicted molar refractivity (Wildman–Crippen MR) is 44.6 cm³/mol. The first-order chi connectivity index (χ1) is 5.95. The van der Waals surface area contributed by atoms with E-state index in [1.54, 1.807) is 6.20 Å². The number of aromatic amines is 2. The van der Waals surface area contributed by atoms with Crippen molar-refractivity contribution in [1.29, 1.82) is 0 Å². The van der Waals surface area contributed by atoms with Crippen LogP contribution < -0.4 is 0 Å². The molecule has 0 spiro atoms. The molecule has 57 valence electrons. The maximum atomic E-state index is 4.19. The molecule has 0 aliphatic carbocycles. The molecule has 12 heavy (non-hydrogen) atoms. The fourth-order valence-corrected chi connectivity index (χ4v) is 1.36. The normalized spacial score (nSPS) is 11.3. The number of H-pyrrole nitrogens is 2. The van der Waals surface area contributed by atoms with E-state index in [1.165, 1.54) is 0 Å². The fourth-order valence-electron chi connectivity index (χ4n) is 1.36. The molecule has 0 bridgehead atoms. The second-order valence-corrected chi connectivity index (χ2v) is 2.62. The largest absolute Gasteiger partial charge is 0.346 e. The molecule has 3 aromatic heterocycles. The van der Waals surface area contributed by atoms with Crippen molar-refractivity contribution >= 4 is 21.9 Å². The molecule has 0 saturated carbocycles. The lowest BCUT2D eigenvalue weighted by molar-refractivity contribution is 1.11. The fraction of sp³-hybridized carbons (Fsp3) is 0. The molecule has 2 N–H and O–H groups in total. The number of nitrogens with one attached hydrogen (secondary N) is 2. The highest BCUT2D eigenvalue weighted by Crippen LogP contribution is 2.18. The Labute approximate surface area is 67.6 Å². The van der Waals surface area contributed by atoms with Crippen LogP contribution in [0.5, 0.6) is 0 Å². The van der Waals surface area contributed by atoms with Crippen molar-refractivity contribution in [2.45, 2.75) is 0 Å². The zero-order valence-corrected chi connectivity index (χ0v) is 6.13. The van der Waals surface area contributed by atoms with Crippen LogP contribution in [-0.4, -0.2) is 20.2 Å². The van der Waals surface area contributed by atoms with Crippen molar-refractivity contribution in [1.82, 2.24) is 20.2 Å². The highest BCUT2D eigenvalue weighted by Gasteiger charge is 2.02. The number of aromatic nitrogens is 4. The van der Waals surface area contributed by atoms with Crippen LogP contribution >= 0.6 is 0 Å². The summed E-state index contributed by atoms with van der Waals surface area (Å²) in [6, 6.07) is 1.97. The molecule has 4 nitrogen and oxygen atoms in total. The van der Waals surface area contributed by atoms with Crippen molar-refractivity contribution < 1.29 is 0 Å². The van der Waals surface area contributed by atoms with Gasteiger partial charge in [0.15, 0.2) is 0 Å². The molecular weight excluding hydrogens is 152 g/mol. The van der Waals surface area contributed by atoms with Gasteiger partial charge in [-0.15, -0.1) is 0 Å². The van der Waals surface area contributed by atoms with Crippen LogP contribution in [0.1, 0.15) is 0 Å². The Kier molecular flexibility index (Phi) is 0.889. The number of fused-ring (bicyclic) bond motifs is 3. The Morgan fingerprint density at radius 3 is 3.42 bits per heavy atom. The average Bonchev–Trinajstić information content (AvgIpc) is 2.71. The van der Waals surface area contributed by atoms with Gasteiger partial charge in [0.05, 0.1) is 5.52 Å². The van der Waals surface area contributed by atoms with Crippen molar-refractivity contribution in [2.24, 2.45) is 0 Å². The molecule has 0 aliphatic rings. The summed E-state index contributed by atoms with van der Waals surface area (Å²) in [7, 11) is 0. The Hall–Kier alpha value is -1.84. The Morgan fingerprint density at radius 2 is 2.42 bits per heavy atom. The molecular formula is C8H5N4. The molecule has 0 aromatic carbocycles. The van der Waals surface area contributed by atoms with E-state index >= 15 is 0 Å². The van der Waals surface area contributed by atoms with Crippen LogP contribution in [0.2, 0.25) is 0 Å². The summed E-state index contributed by atoms with van der Waals surface area (Å²) < 4.78 is 0. The lowest BCUT2D eigenvalue weighted by Gasteiger charge is -1.89. The van der Waals surface area contributed by atoms with Crippen molar-refractivity contribution in [3.05, 3.63) is 24.7 Å². The van der Waals surface area contributed by atoms with E-state index in [2.05, 4.69) is 26.4 Å². The Bertz CT molecular complexity index is 484. The van der Waals surface area contributed by atoms with Gasteiger partial charge < -0.3 is 4.98 Å². The van der Waals surface area contributed by atoms with E-state index in [-0.39, 0.29) is 0 Å². The van der Waals surface area contributed by atoms with Gasteiger partial charge >= 0.3 is 0 Å². The van der Waals surface area contributed by atoms with Gasteiger partial charge in [0.25, 0.3) is 0 Å². The number of rotatable bonds is 0. The molecule has 0 aliphatic heterocycles. The van der Waals surface area contributed by atoms with Gasteiger partial charge in [0.2, 0.25) is 0 Å². The Morgan fingerprint density at radius 1 is 1.42 bits per heavy atom. The predicted octanol–water partition coefficient (Wildman–Crippen LogP) is 1.24. The monoisotopic (exact) mass is 157 g/mol. The van der Waals surface area contributed by atoms with E-state index in [0.717, 1.165) is 21.9 Å². The van der Waals surface area contributed by atoms with Crippen LogP contribution in [0.15, 0.2) is 18.5 Å². The van der Waals surface area contributed by atoms with Crippen LogP contribution in [0.4, 0.5) is 0 Å². The summed E-state index contributed by atoms with van der Waals surface area (Å²) in [6.45, 7) is 0. The van der Waals surface area contributed by atoms with Gasteiger partial charge in [-0.05, 0) is 6.07 Å². The van der Waals surface area contributed by atoms with Crippen molar-refractivity contribution in [3.8, 4) is 0 Å². The molecule has 3 rings (SSSR count). The van der Waals surface area contributed by atoms with Gasteiger partial charge in [-0.3, -0.25) is 5.10 Å². The second-order valence-electron chi connectivity index (χ2n) is 2.62. The zero-order chi connectivity index (χ0) is 7.97. The van der Waals surface area contributed by atoms with Gasteiger partial charge in [0.1, 0.15) is 11.8 Å². The van der Waals surface area contributed by atoms with E-state index in [1.807, 2.05) is 12.3 Å². The van der Waals surface area contributed by atoms with Crippen LogP contribution in [0.3, 0.4) is 0 Å². The maximum Gasteiger partial charge on any atom is 0.139 e. The summed E-state index contributed by atoms with van der Waals surface area (Å²) in [5.74, 6) is 0. The first-order valence-corrected chi connectivity index (χ1v) is 3.63. The molecule has 3 heterocycles. The Balaban J connectivity index is 2.71. The summed E-state index contributed by atoms with van der Waals surface area (Å²) in [4.78, 5) is 7.22. The molecule has 1 radical (unpaired) electrons. The summed E-state index contributed by atoms with van der Waals surface area (Å²) in [5, 5.41) is 8.69. The lowest BCUT2D eigenvalue weighted by atomic mass is 10.2. The third-order valence-corrected chi connectivity index (χ3v) is 1.93. The first-order valence-electron chi connectivity index (χ1n) is 3.63. The summed E-state index contributed by atoms with van der Waals surface area (Å²) in [5.41, 5.74) is 1.86. The molecule has 0 unspecified atom stereocenters. The van der Waals surface area contributed by atoms with Gasteiger partial charge in [-0.2, -0.15) is 5.10 Å². The van der Waals surface area contributed by atoms with Gasteiger partial charge in [-0.1, -0.05) is 0 Å². The van der Waals surface area contributed by atoms with E-state index in [9.17, 15) is 0 Å². The lowest BCUT2D eigenvalue weighted by Crippen LogP contribution is -1.76. The van der Waals surface area contributed by atoms with Crippen LogP contribution in [-0.2, 0) is 0 Å². The quantitative estimate of drug-likeness (QED) is 0.515. The standard InChI is InChI=1S/C8H5N4/c1-2-9-8-6(1)7-5(3-10-8)4-11-12-7/h1-3H,(H,9,10)(H,11,12). The van der Waals surface area contributed by atoms with E-state index in [4.69, 9.17) is 0 Å². The van der Waals surface area contributed by atoms with E-state index < -0.39 is 0 Å². The highest BCUT2D eigenvalue weighted by atomic mass is 15.1. The van der Waals surface area contributed by atoms with Gasteiger partial charge in [0, 0.05) is 23.2 Å². The van der Waals surface area contributed by atoms with Crippen LogP contribution in [0.25, 0.3) is 21.9 Å². The minimum Gasteiger partial charge on any atom is -0.346 e. The highest BCUT2D eigenvalue weighted by molar-refractivity contribution is 6.01.